The number of benzene rings is 1. The second-order valence-corrected chi connectivity index (χ2v) is 4.83. The minimum absolute atomic E-state index is 0.0800. The zero-order valence-electron chi connectivity index (χ0n) is 10.5. The van der Waals surface area contributed by atoms with E-state index in [4.69, 9.17) is 5.26 Å². The normalized spacial score (nSPS) is 14.3. The quantitative estimate of drug-likeness (QED) is 0.847. The van der Waals surface area contributed by atoms with Gasteiger partial charge in [0.1, 0.15) is 0 Å². The van der Waals surface area contributed by atoms with Crippen LogP contribution < -0.4 is 5.32 Å². The molecule has 18 heavy (non-hydrogen) atoms. The summed E-state index contributed by atoms with van der Waals surface area (Å²) >= 11 is 0. The largest absolute Gasteiger partial charge is 0.352 e. The summed E-state index contributed by atoms with van der Waals surface area (Å²) in [5.74, 6) is 0.0800. The van der Waals surface area contributed by atoms with Crippen LogP contribution in [0, 0.1) is 11.3 Å². The predicted molar refractivity (Wildman–Crippen MR) is 68.7 cm³/mol. The maximum absolute atomic E-state index is 11.6. The molecule has 2 rings (SSSR count). The molecule has 0 spiro atoms. The molecule has 1 aliphatic rings. The molecule has 0 radical (unpaired) electrons. The van der Waals surface area contributed by atoms with Gasteiger partial charge in [-0.3, -0.25) is 9.69 Å². The molecule has 94 valence electrons. The molecule has 0 unspecified atom stereocenters. The van der Waals surface area contributed by atoms with Gasteiger partial charge < -0.3 is 5.32 Å². The first kappa shape index (κ1) is 12.6. The van der Waals surface area contributed by atoms with Crippen molar-refractivity contribution in [2.75, 3.05) is 13.6 Å². The molecule has 4 heteroatoms. The van der Waals surface area contributed by atoms with E-state index in [0.717, 1.165) is 18.4 Å². The lowest BCUT2D eigenvalue weighted by Gasteiger charge is -2.16. The fourth-order valence-corrected chi connectivity index (χ4v) is 1.85. The van der Waals surface area contributed by atoms with E-state index in [2.05, 4.69) is 11.4 Å². The smallest absolute Gasteiger partial charge is 0.234 e. The van der Waals surface area contributed by atoms with Gasteiger partial charge in [0.25, 0.3) is 0 Å². The maximum Gasteiger partial charge on any atom is 0.234 e. The summed E-state index contributed by atoms with van der Waals surface area (Å²) < 4.78 is 0. The minimum Gasteiger partial charge on any atom is -0.352 e. The molecule has 1 aromatic rings. The average Bonchev–Trinajstić information content (AvgIpc) is 3.12. The van der Waals surface area contributed by atoms with Crippen molar-refractivity contribution >= 4 is 5.91 Å². The summed E-state index contributed by atoms with van der Waals surface area (Å²) in [6, 6.07) is 10.0. The lowest BCUT2D eigenvalue weighted by molar-refractivity contribution is -0.122. The molecule has 0 atom stereocenters. The molecule has 0 bridgehead atoms. The molecule has 1 amide bonds. The zero-order chi connectivity index (χ0) is 13.0. The average molecular weight is 243 g/mol. The van der Waals surface area contributed by atoms with E-state index in [9.17, 15) is 4.79 Å². The zero-order valence-corrected chi connectivity index (χ0v) is 10.5. The highest BCUT2D eigenvalue weighted by atomic mass is 16.2. The molecular weight excluding hydrogens is 226 g/mol. The fraction of sp³-hybridized carbons (Fsp3) is 0.429. The molecule has 1 N–H and O–H groups in total. The van der Waals surface area contributed by atoms with Crippen LogP contribution in [0.3, 0.4) is 0 Å². The molecule has 1 aliphatic carbocycles. The SMILES string of the molecule is CN(CC(=O)NC1CC1)Cc1cccc(C#N)c1. The summed E-state index contributed by atoms with van der Waals surface area (Å²) in [7, 11) is 1.91. The second kappa shape index (κ2) is 5.65. The molecule has 1 saturated carbocycles. The van der Waals surface area contributed by atoms with Gasteiger partial charge in [-0.25, -0.2) is 0 Å². The summed E-state index contributed by atoms with van der Waals surface area (Å²) in [4.78, 5) is 13.6. The summed E-state index contributed by atoms with van der Waals surface area (Å²) in [5.41, 5.74) is 1.71. The second-order valence-electron chi connectivity index (χ2n) is 4.83. The molecule has 0 heterocycles. The molecule has 1 aromatic carbocycles. The van der Waals surface area contributed by atoms with E-state index in [1.54, 1.807) is 6.07 Å². The lowest BCUT2D eigenvalue weighted by atomic mass is 10.1. The molecular formula is C14H17N3O. The number of nitrogens with one attached hydrogen (secondary N) is 1. The predicted octanol–water partition coefficient (Wildman–Crippen LogP) is 1.27. The van der Waals surface area contributed by atoms with Gasteiger partial charge in [0.15, 0.2) is 0 Å². The van der Waals surface area contributed by atoms with Crippen LogP contribution in [0.4, 0.5) is 0 Å². The Morgan fingerprint density at radius 2 is 2.33 bits per heavy atom. The van der Waals surface area contributed by atoms with E-state index in [1.807, 2.05) is 30.1 Å². The van der Waals surface area contributed by atoms with E-state index in [0.29, 0.717) is 24.7 Å². The maximum atomic E-state index is 11.6. The number of nitrogens with zero attached hydrogens (tertiary/aromatic N) is 2. The third-order valence-electron chi connectivity index (χ3n) is 2.86. The van der Waals surface area contributed by atoms with E-state index < -0.39 is 0 Å². The van der Waals surface area contributed by atoms with Crippen LogP contribution in [0.2, 0.25) is 0 Å². The van der Waals surface area contributed by atoms with Crippen molar-refractivity contribution in [3.05, 3.63) is 35.4 Å². The number of hydrogen-bond donors (Lipinski definition) is 1. The molecule has 0 saturated heterocycles. The Morgan fingerprint density at radius 3 is 3.00 bits per heavy atom. The van der Waals surface area contributed by atoms with Crippen molar-refractivity contribution in [1.82, 2.24) is 10.2 Å². The number of nitriles is 1. The highest BCUT2D eigenvalue weighted by molar-refractivity contribution is 5.78. The van der Waals surface area contributed by atoms with Gasteiger partial charge in [-0.15, -0.1) is 0 Å². The number of carbonyl (C=O) groups excluding carboxylic acids is 1. The standard InChI is InChI=1S/C14H17N3O/c1-17(10-14(18)16-13-5-6-13)9-12-4-2-3-11(7-12)8-15/h2-4,7,13H,5-6,9-10H2,1H3,(H,16,18). The monoisotopic (exact) mass is 243 g/mol. The first-order chi connectivity index (χ1) is 8.67. The Morgan fingerprint density at radius 1 is 1.56 bits per heavy atom. The van der Waals surface area contributed by atoms with Crippen molar-refractivity contribution in [2.24, 2.45) is 0 Å². The summed E-state index contributed by atoms with van der Waals surface area (Å²) in [6.45, 7) is 1.07. The number of amides is 1. The lowest BCUT2D eigenvalue weighted by Crippen LogP contribution is -2.35. The third-order valence-corrected chi connectivity index (χ3v) is 2.86. The molecule has 1 fully saturated rings. The Hall–Kier alpha value is -1.86. The minimum atomic E-state index is 0.0800. The summed E-state index contributed by atoms with van der Waals surface area (Å²) in [5, 5.41) is 11.8. The number of likely N-dealkylation sites (N-methyl/N-ethyl adjacent to an activating group) is 1. The van der Waals surface area contributed by atoms with Crippen LogP contribution in [0.15, 0.2) is 24.3 Å². The Bertz CT molecular complexity index is 474. The van der Waals surface area contributed by atoms with Crippen LogP contribution in [0.5, 0.6) is 0 Å². The van der Waals surface area contributed by atoms with E-state index in [-0.39, 0.29) is 5.91 Å². The Balaban J connectivity index is 1.83. The molecule has 0 aliphatic heterocycles. The highest BCUT2D eigenvalue weighted by Gasteiger charge is 2.23. The van der Waals surface area contributed by atoms with Gasteiger partial charge in [-0.2, -0.15) is 5.26 Å². The van der Waals surface area contributed by atoms with E-state index in [1.165, 1.54) is 0 Å². The number of carbonyl (C=O) groups is 1. The first-order valence-corrected chi connectivity index (χ1v) is 6.14. The van der Waals surface area contributed by atoms with Gasteiger partial charge in [0, 0.05) is 12.6 Å². The van der Waals surface area contributed by atoms with Crippen molar-refractivity contribution < 1.29 is 4.79 Å². The first-order valence-electron chi connectivity index (χ1n) is 6.14. The van der Waals surface area contributed by atoms with Crippen LogP contribution in [-0.2, 0) is 11.3 Å². The highest BCUT2D eigenvalue weighted by Crippen LogP contribution is 2.18. The van der Waals surface area contributed by atoms with Gasteiger partial charge >= 0.3 is 0 Å². The third kappa shape index (κ3) is 3.86. The van der Waals surface area contributed by atoms with Gasteiger partial charge in [-0.05, 0) is 37.6 Å². The van der Waals surface area contributed by atoms with Gasteiger partial charge in [0.2, 0.25) is 5.91 Å². The topological polar surface area (TPSA) is 56.1 Å². The van der Waals surface area contributed by atoms with Crippen LogP contribution in [-0.4, -0.2) is 30.4 Å². The number of rotatable bonds is 5. The number of hydrogen-bond acceptors (Lipinski definition) is 3. The van der Waals surface area contributed by atoms with Crippen molar-refractivity contribution in [2.45, 2.75) is 25.4 Å². The van der Waals surface area contributed by atoms with Crippen molar-refractivity contribution in [3.63, 3.8) is 0 Å². The molecule has 0 aromatic heterocycles. The van der Waals surface area contributed by atoms with Gasteiger partial charge in [-0.1, -0.05) is 12.1 Å². The van der Waals surface area contributed by atoms with Crippen LogP contribution >= 0.6 is 0 Å². The Labute approximate surface area is 107 Å². The van der Waals surface area contributed by atoms with Crippen LogP contribution in [0.25, 0.3) is 0 Å². The van der Waals surface area contributed by atoms with Crippen LogP contribution in [0.1, 0.15) is 24.0 Å². The fourth-order valence-electron chi connectivity index (χ4n) is 1.85. The molecule has 4 nitrogen and oxygen atoms in total. The van der Waals surface area contributed by atoms with Gasteiger partial charge in [0.05, 0.1) is 18.2 Å². The van der Waals surface area contributed by atoms with E-state index >= 15 is 0 Å². The summed E-state index contributed by atoms with van der Waals surface area (Å²) in [6.07, 6.45) is 2.22. The van der Waals surface area contributed by atoms with Crippen molar-refractivity contribution in [3.8, 4) is 6.07 Å². The Kier molecular flexibility index (Phi) is 3.96. The van der Waals surface area contributed by atoms with Crippen molar-refractivity contribution in [1.29, 1.82) is 5.26 Å².